The van der Waals surface area contributed by atoms with Gasteiger partial charge in [-0.25, -0.2) is 0 Å². The molecular weight excluding hydrogens is 120 g/mol. The summed E-state index contributed by atoms with van der Waals surface area (Å²) >= 11 is 1.52. The van der Waals surface area contributed by atoms with Gasteiger partial charge in [0.2, 0.25) is 0 Å². The monoisotopic (exact) mass is 128 g/mol. The van der Waals surface area contributed by atoms with Gasteiger partial charge >= 0.3 is 0 Å². The molecule has 0 radical (unpaired) electrons. The fourth-order valence-corrected chi connectivity index (χ4v) is 0.666. The highest BCUT2D eigenvalue weighted by Gasteiger charge is 1.83. The number of hydrogen-bond donors (Lipinski definition) is 1. The van der Waals surface area contributed by atoms with Crippen molar-refractivity contribution in [3.63, 3.8) is 0 Å². The predicted molar refractivity (Wildman–Crippen MR) is 36.3 cm³/mol. The minimum atomic E-state index is 0.896. The third-order valence-corrected chi connectivity index (χ3v) is 1.42. The quantitative estimate of drug-likeness (QED) is 0.562. The third kappa shape index (κ3) is 2.54. The Morgan fingerprint density at radius 1 is 1.88 bits per heavy atom. The first-order valence-electron chi connectivity index (χ1n) is 2.16. The molecule has 0 saturated heterocycles. The van der Waals surface area contributed by atoms with Crippen molar-refractivity contribution in [2.45, 2.75) is 0 Å². The molecule has 0 aromatic heterocycles. The predicted octanol–water partition coefficient (Wildman–Crippen LogP) is 0.934. The van der Waals surface area contributed by atoms with Crippen molar-refractivity contribution in [1.82, 2.24) is 5.32 Å². The smallest absolute Gasteiger partial charge is 0.0939 e. The summed E-state index contributed by atoms with van der Waals surface area (Å²) in [7, 11) is 1.79. The Bertz CT molecular complexity index is 117. The van der Waals surface area contributed by atoms with Crippen molar-refractivity contribution in [2.24, 2.45) is 0 Å². The summed E-state index contributed by atoms with van der Waals surface area (Å²) < 4.78 is 0. The molecule has 0 heterocycles. The van der Waals surface area contributed by atoms with E-state index in [0.29, 0.717) is 0 Å². The lowest BCUT2D eigenvalue weighted by atomic mass is 10.7. The Kier molecular flexibility index (Phi) is 4.19. The van der Waals surface area contributed by atoms with E-state index in [9.17, 15) is 0 Å². The van der Waals surface area contributed by atoms with Crippen LogP contribution < -0.4 is 5.32 Å². The first kappa shape index (κ1) is 7.38. The van der Waals surface area contributed by atoms with E-state index < -0.39 is 0 Å². The highest BCUT2D eigenvalue weighted by molar-refractivity contribution is 8.02. The summed E-state index contributed by atoms with van der Waals surface area (Å²) in [5.41, 5.74) is 0. The summed E-state index contributed by atoms with van der Waals surface area (Å²) in [6, 6.07) is 1.92. The van der Waals surface area contributed by atoms with Gasteiger partial charge in [-0.1, -0.05) is 0 Å². The van der Waals surface area contributed by atoms with Crippen molar-refractivity contribution in [3.05, 3.63) is 11.1 Å². The average Bonchev–Trinajstić information content (AvgIpc) is 1.83. The van der Waals surface area contributed by atoms with Gasteiger partial charge in [-0.05, 0) is 6.26 Å². The van der Waals surface area contributed by atoms with Gasteiger partial charge in [0.05, 0.1) is 11.1 Å². The molecule has 44 valence electrons. The number of allylic oxidation sites excluding steroid dienone is 1. The van der Waals surface area contributed by atoms with Crippen molar-refractivity contribution in [3.8, 4) is 6.07 Å². The maximum Gasteiger partial charge on any atom is 0.0939 e. The van der Waals surface area contributed by atoms with Gasteiger partial charge in [-0.3, -0.25) is 0 Å². The Hall–Kier alpha value is -0.620. The van der Waals surface area contributed by atoms with Crippen molar-refractivity contribution in [2.75, 3.05) is 13.3 Å². The van der Waals surface area contributed by atoms with E-state index in [0.717, 1.165) is 5.03 Å². The molecule has 0 aromatic rings. The number of hydrogen-bond acceptors (Lipinski definition) is 3. The maximum atomic E-state index is 8.12. The van der Waals surface area contributed by atoms with E-state index in [2.05, 4.69) is 5.32 Å². The highest BCUT2D eigenvalue weighted by atomic mass is 32.2. The van der Waals surface area contributed by atoms with E-state index in [1.807, 2.05) is 12.3 Å². The van der Waals surface area contributed by atoms with Crippen LogP contribution in [0.4, 0.5) is 0 Å². The molecule has 0 spiro atoms. The topological polar surface area (TPSA) is 35.8 Å². The van der Waals surface area contributed by atoms with Gasteiger partial charge < -0.3 is 5.32 Å². The summed E-state index contributed by atoms with van der Waals surface area (Å²) in [4.78, 5) is 0. The first-order valence-corrected chi connectivity index (χ1v) is 3.39. The van der Waals surface area contributed by atoms with E-state index in [1.165, 1.54) is 17.8 Å². The molecular formula is C5H8N2S. The van der Waals surface area contributed by atoms with Gasteiger partial charge in [0.15, 0.2) is 0 Å². The van der Waals surface area contributed by atoms with E-state index in [4.69, 9.17) is 5.26 Å². The Labute approximate surface area is 53.6 Å². The van der Waals surface area contributed by atoms with Crippen LogP contribution in [-0.2, 0) is 0 Å². The molecule has 0 aliphatic rings. The summed E-state index contributed by atoms with van der Waals surface area (Å²) in [5.74, 6) is 0. The van der Waals surface area contributed by atoms with Gasteiger partial charge in [0, 0.05) is 13.1 Å². The van der Waals surface area contributed by atoms with Gasteiger partial charge in [-0.2, -0.15) is 5.26 Å². The number of thioether (sulfide) groups is 1. The van der Waals surface area contributed by atoms with Crippen LogP contribution in [0.5, 0.6) is 0 Å². The molecule has 0 fully saturated rings. The second-order valence-electron chi connectivity index (χ2n) is 1.09. The molecule has 3 heteroatoms. The van der Waals surface area contributed by atoms with Gasteiger partial charge in [0.25, 0.3) is 0 Å². The average molecular weight is 128 g/mol. The van der Waals surface area contributed by atoms with Crippen LogP contribution in [0.2, 0.25) is 0 Å². The van der Waals surface area contributed by atoms with Crippen LogP contribution >= 0.6 is 11.8 Å². The minimum absolute atomic E-state index is 0.896. The summed E-state index contributed by atoms with van der Waals surface area (Å²) in [6.07, 6.45) is 3.39. The molecule has 1 N–H and O–H groups in total. The molecule has 0 amide bonds. The fourth-order valence-electron chi connectivity index (χ4n) is 0.292. The lowest BCUT2D eigenvalue weighted by Gasteiger charge is -1.95. The Morgan fingerprint density at radius 2 is 2.50 bits per heavy atom. The Morgan fingerprint density at radius 3 is 2.62 bits per heavy atom. The molecule has 0 bridgehead atoms. The zero-order valence-corrected chi connectivity index (χ0v) is 5.75. The largest absolute Gasteiger partial charge is 0.382 e. The summed E-state index contributed by atoms with van der Waals surface area (Å²) in [6.45, 7) is 0. The molecule has 8 heavy (non-hydrogen) atoms. The van der Waals surface area contributed by atoms with Crippen LogP contribution in [0.1, 0.15) is 0 Å². The van der Waals surface area contributed by atoms with Gasteiger partial charge in [-0.15, -0.1) is 11.8 Å². The number of rotatable bonds is 2. The lowest BCUT2D eigenvalue weighted by molar-refractivity contribution is 1.08. The maximum absolute atomic E-state index is 8.12. The molecule has 0 atom stereocenters. The highest BCUT2D eigenvalue weighted by Crippen LogP contribution is 2.03. The van der Waals surface area contributed by atoms with Crippen LogP contribution in [0, 0.1) is 11.3 Å². The van der Waals surface area contributed by atoms with Crippen molar-refractivity contribution < 1.29 is 0 Å². The van der Waals surface area contributed by atoms with E-state index in [-0.39, 0.29) is 0 Å². The standard InChI is InChI=1S/C5H8N2S/c1-7-5(8-2)3-4-6/h3,7H,1-2H3. The number of nitrogens with zero attached hydrogens (tertiary/aromatic N) is 1. The van der Waals surface area contributed by atoms with E-state index in [1.54, 1.807) is 7.05 Å². The van der Waals surface area contributed by atoms with Crippen molar-refractivity contribution >= 4 is 11.8 Å². The van der Waals surface area contributed by atoms with Crippen LogP contribution in [0.25, 0.3) is 0 Å². The molecule has 0 aliphatic heterocycles. The third-order valence-electron chi connectivity index (χ3n) is 0.662. The second-order valence-corrected chi connectivity index (χ2v) is 1.94. The normalized spacial score (nSPS) is 10.4. The van der Waals surface area contributed by atoms with Crippen LogP contribution in [0.3, 0.4) is 0 Å². The SMILES string of the molecule is CNC(=CC#N)SC. The fraction of sp³-hybridized carbons (Fsp3) is 0.400. The number of nitriles is 1. The molecule has 0 aromatic carbocycles. The zero-order chi connectivity index (χ0) is 6.41. The van der Waals surface area contributed by atoms with E-state index >= 15 is 0 Å². The summed E-state index contributed by atoms with van der Waals surface area (Å²) in [5, 5.41) is 11.9. The second kappa shape index (κ2) is 4.54. The molecule has 0 saturated carbocycles. The first-order chi connectivity index (χ1) is 3.85. The van der Waals surface area contributed by atoms with Gasteiger partial charge in [0.1, 0.15) is 0 Å². The molecule has 2 nitrogen and oxygen atoms in total. The molecule has 0 aliphatic carbocycles. The zero-order valence-electron chi connectivity index (χ0n) is 4.93. The molecule has 0 rings (SSSR count). The number of nitrogens with one attached hydrogen (secondary N) is 1. The minimum Gasteiger partial charge on any atom is -0.382 e. The van der Waals surface area contributed by atoms with Crippen molar-refractivity contribution in [1.29, 1.82) is 5.26 Å². The molecule has 0 unspecified atom stereocenters. The van der Waals surface area contributed by atoms with Crippen LogP contribution in [0.15, 0.2) is 11.1 Å². The van der Waals surface area contributed by atoms with Crippen LogP contribution in [-0.4, -0.2) is 13.3 Å². The lowest BCUT2D eigenvalue weighted by Crippen LogP contribution is -2.00. The Balaban J connectivity index is 3.72.